The quantitative estimate of drug-likeness (QED) is 0.750. The van der Waals surface area contributed by atoms with Crippen LogP contribution in [0.4, 0.5) is 18.9 Å². The van der Waals surface area contributed by atoms with Gasteiger partial charge in [-0.2, -0.15) is 13.2 Å². The van der Waals surface area contributed by atoms with E-state index in [2.05, 4.69) is 10.3 Å². The van der Waals surface area contributed by atoms with Crippen molar-refractivity contribution in [1.82, 2.24) is 9.38 Å². The van der Waals surface area contributed by atoms with Crippen LogP contribution in [0.2, 0.25) is 5.02 Å². The van der Waals surface area contributed by atoms with Gasteiger partial charge in [0.1, 0.15) is 5.69 Å². The van der Waals surface area contributed by atoms with E-state index in [1.165, 1.54) is 37.6 Å². The summed E-state index contributed by atoms with van der Waals surface area (Å²) >= 11 is 5.83. The van der Waals surface area contributed by atoms with Crippen LogP contribution in [0.15, 0.2) is 42.6 Å². The lowest BCUT2D eigenvalue weighted by Gasteiger charge is -2.09. The average molecular weight is 370 g/mol. The number of halogens is 4. The number of carbonyl (C=O) groups excluding carboxylic acids is 1. The first kappa shape index (κ1) is 17.1. The summed E-state index contributed by atoms with van der Waals surface area (Å²) in [6.45, 7) is 0. The predicted octanol–water partition coefficient (Wildman–Crippen LogP) is 4.27. The molecule has 0 fully saturated rings. The summed E-state index contributed by atoms with van der Waals surface area (Å²) in [6, 6.07) is 9.01. The molecule has 0 spiro atoms. The molecule has 0 atom stereocenters. The summed E-state index contributed by atoms with van der Waals surface area (Å²) in [5, 5.41) is 2.74. The van der Waals surface area contributed by atoms with E-state index >= 15 is 0 Å². The van der Waals surface area contributed by atoms with Gasteiger partial charge in [-0.25, -0.2) is 4.98 Å². The minimum absolute atomic E-state index is 0.103. The van der Waals surface area contributed by atoms with Crippen molar-refractivity contribution in [2.75, 3.05) is 12.4 Å². The highest BCUT2D eigenvalue weighted by Gasteiger charge is 2.40. The van der Waals surface area contributed by atoms with E-state index in [1.807, 2.05) is 0 Å². The highest BCUT2D eigenvalue weighted by molar-refractivity contribution is 6.31. The van der Waals surface area contributed by atoms with Crippen LogP contribution in [0.25, 0.3) is 5.65 Å². The Labute approximate surface area is 145 Å². The summed E-state index contributed by atoms with van der Waals surface area (Å²) in [6.07, 6.45) is -3.50. The van der Waals surface area contributed by atoms with Gasteiger partial charge in [0, 0.05) is 16.9 Å². The smallest absolute Gasteiger partial charge is 0.435 e. The van der Waals surface area contributed by atoms with Gasteiger partial charge in [0.05, 0.1) is 7.11 Å². The highest BCUT2D eigenvalue weighted by Crippen LogP contribution is 2.34. The van der Waals surface area contributed by atoms with E-state index in [0.717, 1.165) is 4.40 Å². The maximum Gasteiger partial charge on any atom is 0.435 e. The van der Waals surface area contributed by atoms with E-state index < -0.39 is 23.5 Å². The molecule has 5 nitrogen and oxygen atoms in total. The number of hydrogen-bond acceptors (Lipinski definition) is 3. The van der Waals surface area contributed by atoms with Crippen LogP contribution in [0.5, 0.6) is 5.75 Å². The van der Waals surface area contributed by atoms with E-state index in [-0.39, 0.29) is 17.1 Å². The van der Waals surface area contributed by atoms with Gasteiger partial charge in [0.25, 0.3) is 5.91 Å². The molecule has 1 N–H and O–H groups in total. The number of anilines is 1. The zero-order valence-corrected chi connectivity index (χ0v) is 13.5. The van der Waals surface area contributed by atoms with Gasteiger partial charge >= 0.3 is 6.18 Å². The summed E-state index contributed by atoms with van der Waals surface area (Å²) < 4.78 is 46.2. The number of alkyl halides is 3. The van der Waals surface area contributed by atoms with E-state index in [4.69, 9.17) is 16.3 Å². The maximum atomic E-state index is 13.4. The predicted molar refractivity (Wildman–Crippen MR) is 86.2 cm³/mol. The number of fused-ring (bicyclic) bond motifs is 1. The molecule has 0 saturated heterocycles. The normalized spacial score (nSPS) is 11.6. The summed E-state index contributed by atoms with van der Waals surface area (Å²) in [5.41, 5.74) is -1.77. The van der Waals surface area contributed by atoms with E-state index in [0.29, 0.717) is 5.02 Å². The molecule has 2 aromatic heterocycles. The second-order valence-electron chi connectivity index (χ2n) is 5.04. The van der Waals surface area contributed by atoms with Crippen molar-refractivity contribution in [3.05, 3.63) is 59.0 Å². The first-order valence-electron chi connectivity index (χ1n) is 7.00. The largest absolute Gasteiger partial charge is 0.493 e. The van der Waals surface area contributed by atoms with Crippen molar-refractivity contribution < 1.29 is 22.7 Å². The van der Waals surface area contributed by atoms with Gasteiger partial charge in [-0.3, -0.25) is 9.20 Å². The van der Waals surface area contributed by atoms with Crippen LogP contribution < -0.4 is 10.1 Å². The second-order valence-corrected chi connectivity index (χ2v) is 5.48. The third-order valence-electron chi connectivity index (χ3n) is 3.40. The fraction of sp³-hybridized carbons (Fsp3) is 0.125. The summed E-state index contributed by atoms with van der Waals surface area (Å²) in [5.74, 6) is -0.842. The van der Waals surface area contributed by atoms with Crippen molar-refractivity contribution >= 4 is 28.8 Å². The van der Waals surface area contributed by atoms with Gasteiger partial charge < -0.3 is 10.1 Å². The van der Waals surface area contributed by atoms with Crippen LogP contribution in [0, 0.1) is 0 Å². The van der Waals surface area contributed by atoms with Crippen molar-refractivity contribution in [1.29, 1.82) is 0 Å². The van der Waals surface area contributed by atoms with Crippen molar-refractivity contribution in [3.63, 3.8) is 0 Å². The standard InChI is InChI=1S/C16H11ClF3N3O2/c1-25-11-6-3-7-23-12(13(16(18,19)20)22-14(11)23)15(24)21-10-5-2-4-9(17)8-10/h2-8H,1H3,(H,21,24). The lowest BCUT2D eigenvalue weighted by molar-refractivity contribution is -0.141. The van der Waals surface area contributed by atoms with Gasteiger partial charge in [0.2, 0.25) is 0 Å². The highest BCUT2D eigenvalue weighted by atomic mass is 35.5. The molecule has 0 unspecified atom stereocenters. The molecule has 0 aliphatic rings. The lowest BCUT2D eigenvalue weighted by Crippen LogP contribution is -2.20. The number of methoxy groups -OCH3 is 1. The summed E-state index contributed by atoms with van der Waals surface area (Å²) in [7, 11) is 1.31. The summed E-state index contributed by atoms with van der Waals surface area (Å²) in [4.78, 5) is 16.1. The number of pyridine rings is 1. The molecule has 0 aliphatic carbocycles. The SMILES string of the molecule is COc1cccn2c(C(=O)Nc3cccc(Cl)c3)c(C(F)(F)F)nc12. The molecule has 3 rings (SSSR count). The molecule has 0 radical (unpaired) electrons. The Hall–Kier alpha value is -2.74. The third-order valence-corrected chi connectivity index (χ3v) is 3.64. The Morgan fingerprint density at radius 2 is 2.04 bits per heavy atom. The number of hydrogen-bond donors (Lipinski definition) is 1. The Kier molecular flexibility index (Phi) is 4.30. The van der Waals surface area contributed by atoms with Gasteiger partial charge in [-0.05, 0) is 30.3 Å². The number of amides is 1. The fourth-order valence-corrected chi connectivity index (χ4v) is 2.56. The van der Waals surface area contributed by atoms with Gasteiger partial charge in [-0.15, -0.1) is 0 Å². The van der Waals surface area contributed by atoms with E-state index in [1.54, 1.807) is 12.1 Å². The number of benzene rings is 1. The Balaban J connectivity index is 2.14. The van der Waals surface area contributed by atoms with Crippen LogP contribution in [-0.4, -0.2) is 22.4 Å². The molecule has 1 aromatic carbocycles. The topological polar surface area (TPSA) is 55.6 Å². The maximum absolute atomic E-state index is 13.4. The Morgan fingerprint density at radius 3 is 2.68 bits per heavy atom. The average Bonchev–Trinajstić information content (AvgIpc) is 2.94. The number of carbonyl (C=O) groups is 1. The first-order valence-corrected chi connectivity index (χ1v) is 7.38. The number of imidazole rings is 1. The van der Waals surface area contributed by atoms with Gasteiger partial charge in [-0.1, -0.05) is 17.7 Å². The number of nitrogens with zero attached hydrogens (tertiary/aromatic N) is 2. The fourth-order valence-electron chi connectivity index (χ4n) is 2.37. The number of ether oxygens (including phenoxy) is 1. The van der Waals surface area contributed by atoms with Crippen molar-refractivity contribution in [2.45, 2.75) is 6.18 Å². The molecular weight excluding hydrogens is 359 g/mol. The minimum Gasteiger partial charge on any atom is -0.493 e. The number of rotatable bonds is 3. The van der Waals surface area contributed by atoms with E-state index in [9.17, 15) is 18.0 Å². The lowest BCUT2D eigenvalue weighted by atomic mass is 10.2. The monoisotopic (exact) mass is 369 g/mol. The van der Waals surface area contributed by atoms with Crippen LogP contribution in [0.1, 0.15) is 16.2 Å². The molecule has 0 aliphatic heterocycles. The molecule has 3 aromatic rings. The first-order chi connectivity index (χ1) is 11.8. The molecule has 2 heterocycles. The van der Waals surface area contributed by atoms with Crippen LogP contribution >= 0.6 is 11.6 Å². The van der Waals surface area contributed by atoms with Crippen molar-refractivity contribution in [3.8, 4) is 5.75 Å². The molecular formula is C16H11ClF3N3O2. The number of nitrogens with one attached hydrogen (secondary N) is 1. The van der Waals surface area contributed by atoms with Crippen LogP contribution in [-0.2, 0) is 6.18 Å². The third kappa shape index (κ3) is 3.25. The second kappa shape index (κ2) is 6.29. The van der Waals surface area contributed by atoms with Crippen LogP contribution in [0.3, 0.4) is 0 Å². The molecule has 0 bridgehead atoms. The Morgan fingerprint density at radius 1 is 1.28 bits per heavy atom. The zero-order valence-electron chi connectivity index (χ0n) is 12.8. The molecule has 0 saturated carbocycles. The molecule has 1 amide bonds. The number of aromatic nitrogens is 2. The molecule has 130 valence electrons. The van der Waals surface area contributed by atoms with Crippen molar-refractivity contribution in [2.24, 2.45) is 0 Å². The molecule has 25 heavy (non-hydrogen) atoms. The zero-order chi connectivity index (χ0) is 18.2. The Bertz CT molecular complexity index is 953. The van der Waals surface area contributed by atoms with Gasteiger partial charge in [0.15, 0.2) is 17.1 Å². The minimum atomic E-state index is -4.81. The molecule has 9 heteroatoms.